The van der Waals surface area contributed by atoms with Crippen LogP contribution in [0.3, 0.4) is 0 Å². The van der Waals surface area contributed by atoms with Crippen LogP contribution in [0.25, 0.3) is 0 Å². The fourth-order valence-corrected chi connectivity index (χ4v) is 4.22. The molecule has 0 aromatic carbocycles. The van der Waals surface area contributed by atoms with Crippen LogP contribution in [0.4, 0.5) is 0 Å². The van der Waals surface area contributed by atoms with Crippen molar-refractivity contribution in [3.05, 3.63) is 0 Å². The molecular weight excluding hydrogens is 256 g/mol. The third kappa shape index (κ3) is 4.22. The lowest BCUT2D eigenvalue weighted by atomic mass is 9.66. The molecule has 0 unspecified atom stereocenters. The molecule has 0 spiro atoms. The average Bonchev–Trinajstić information content (AvgIpc) is 3.22. The summed E-state index contributed by atoms with van der Waals surface area (Å²) in [5.74, 6) is 1.68. The Balaban J connectivity index is 2.02. The van der Waals surface area contributed by atoms with Crippen molar-refractivity contribution < 1.29 is 0 Å². The highest BCUT2D eigenvalue weighted by Gasteiger charge is 2.46. The Bertz CT molecular complexity index is 317. The van der Waals surface area contributed by atoms with Crippen LogP contribution in [0.2, 0.25) is 0 Å². The van der Waals surface area contributed by atoms with E-state index in [0.29, 0.717) is 11.0 Å². The predicted molar refractivity (Wildman–Crippen MR) is 92.4 cm³/mol. The molecule has 2 N–H and O–H groups in total. The van der Waals surface area contributed by atoms with E-state index in [1.165, 1.54) is 51.5 Å². The monoisotopic (exact) mass is 294 g/mol. The van der Waals surface area contributed by atoms with Gasteiger partial charge in [0.1, 0.15) is 0 Å². The molecule has 0 aliphatic heterocycles. The van der Waals surface area contributed by atoms with Crippen LogP contribution in [-0.4, -0.2) is 29.6 Å². The van der Waals surface area contributed by atoms with E-state index < -0.39 is 0 Å². The second kappa shape index (κ2) is 6.58. The Morgan fingerprint density at radius 1 is 1.10 bits per heavy atom. The van der Waals surface area contributed by atoms with E-state index in [4.69, 9.17) is 5.73 Å². The van der Waals surface area contributed by atoms with Crippen LogP contribution in [0.1, 0.15) is 79.6 Å². The Morgan fingerprint density at radius 2 is 1.67 bits per heavy atom. The number of nitrogens with zero attached hydrogens (tertiary/aromatic N) is 1. The summed E-state index contributed by atoms with van der Waals surface area (Å²) >= 11 is 0. The molecule has 2 saturated carbocycles. The van der Waals surface area contributed by atoms with Gasteiger partial charge in [-0.1, -0.05) is 34.6 Å². The quantitative estimate of drug-likeness (QED) is 0.785. The Hall–Kier alpha value is -0.0800. The van der Waals surface area contributed by atoms with Gasteiger partial charge in [-0.25, -0.2) is 0 Å². The highest BCUT2D eigenvalue weighted by Crippen LogP contribution is 2.46. The van der Waals surface area contributed by atoms with E-state index in [-0.39, 0.29) is 0 Å². The Kier molecular flexibility index (Phi) is 5.41. The molecule has 124 valence electrons. The first kappa shape index (κ1) is 17.3. The van der Waals surface area contributed by atoms with E-state index in [0.717, 1.165) is 24.4 Å². The molecular formula is C19H38N2. The van der Waals surface area contributed by atoms with Crippen molar-refractivity contribution >= 4 is 0 Å². The molecule has 2 heteroatoms. The molecule has 0 heterocycles. The molecule has 2 aliphatic carbocycles. The highest BCUT2D eigenvalue weighted by atomic mass is 15.3. The van der Waals surface area contributed by atoms with Crippen molar-refractivity contribution in [1.82, 2.24) is 4.90 Å². The molecule has 0 aromatic heterocycles. The fraction of sp³-hybridized carbons (Fsp3) is 1.00. The van der Waals surface area contributed by atoms with Gasteiger partial charge in [-0.05, 0) is 68.7 Å². The third-order valence-corrected chi connectivity index (χ3v) is 6.07. The first-order valence-corrected chi connectivity index (χ1v) is 9.25. The number of hydrogen-bond acceptors (Lipinski definition) is 2. The fourth-order valence-electron chi connectivity index (χ4n) is 4.22. The highest BCUT2D eigenvalue weighted by molar-refractivity contribution is 5.02. The molecule has 0 amide bonds. The summed E-state index contributed by atoms with van der Waals surface area (Å²) in [5.41, 5.74) is 7.10. The standard InChI is InChI=1S/C19H38N2/c1-15(2)10-13-21(17-6-7-17)19(14-20)11-8-16(9-12-19)18(3,4)5/h15-17H,6-14,20H2,1-5H3. The zero-order chi connectivity index (χ0) is 15.7. The van der Waals surface area contributed by atoms with Crippen LogP contribution in [-0.2, 0) is 0 Å². The lowest BCUT2D eigenvalue weighted by Gasteiger charge is -2.50. The van der Waals surface area contributed by atoms with Crippen molar-refractivity contribution in [1.29, 1.82) is 0 Å². The molecule has 2 fully saturated rings. The third-order valence-electron chi connectivity index (χ3n) is 6.07. The van der Waals surface area contributed by atoms with E-state index in [9.17, 15) is 0 Å². The molecule has 2 aliphatic rings. The largest absolute Gasteiger partial charge is 0.329 e. The van der Waals surface area contributed by atoms with Gasteiger partial charge in [-0.3, -0.25) is 4.90 Å². The number of nitrogens with two attached hydrogens (primary N) is 1. The van der Waals surface area contributed by atoms with Crippen molar-refractivity contribution in [2.24, 2.45) is 23.0 Å². The molecule has 0 radical (unpaired) electrons. The summed E-state index contributed by atoms with van der Waals surface area (Å²) in [6.45, 7) is 14.0. The van der Waals surface area contributed by atoms with E-state index >= 15 is 0 Å². The predicted octanol–water partition coefficient (Wildman–Crippen LogP) is 4.43. The van der Waals surface area contributed by atoms with E-state index in [2.05, 4.69) is 39.5 Å². The van der Waals surface area contributed by atoms with Crippen molar-refractivity contribution in [2.75, 3.05) is 13.1 Å². The summed E-state index contributed by atoms with van der Waals surface area (Å²) in [6.07, 6.45) is 9.50. The smallest absolute Gasteiger partial charge is 0.0334 e. The van der Waals surface area contributed by atoms with Gasteiger partial charge in [-0.2, -0.15) is 0 Å². The molecule has 2 nitrogen and oxygen atoms in total. The summed E-state index contributed by atoms with van der Waals surface area (Å²) in [4.78, 5) is 2.84. The maximum Gasteiger partial charge on any atom is 0.0334 e. The Morgan fingerprint density at radius 3 is 2.05 bits per heavy atom. The molecule has 0 bridgehead atoms. The van der Waals surface area contributed by atoms with Gasteiger partial charge in [0, 0.05) is 18.1 Å². The van der Waals surface area contributed by atoms with Crippen LogP contribution >= 0.6 is 0 Å². The van der Waals surface area contributed by atoms with Crippen LogP contribution in [0.15, 0.2) is 0 Å². The minimum absolute atomic E-state index is 0.317. The summed E-state index contributed by atoms with van der Waals surface area (Å²) in [7, 11) is 0. The molecule has 2 rings (SSSR count). The van der Waals surface area contributed by atoms with Crippen molar-refractivity contribution in [3.8, 4) is 0 Å². The molecule has 21 heavy (non-hydrogen) atoms. The summed E-state index contributed by atoms with van der Waals surface area (Å²) in [5, 5.41) is 0. The normalized spacial score (nSPS) is 31.1. The van der Waals surface area contributed by atoms with Gasteiger partial charge >= 0.3 is 0 Å². The van der Waals surface area contributed by atoms with Gasteiger partial charge in [0.25, 0.3) is 0 Å². The number of hydrogen-bond donors (Lipinski definition) is 1. The lowest BCUT2D eigenvalue weighted by Crippen LogP contribution is -2.57. The SMILES string of the molecule is CC(C)CCN(C1CC1)C1(CN)CCC(C(C)(C)C)CC1. The molecule has 0 saturated heterocycles. The van der Waals surface area contributed by atoms with Gasteiger partial charge < -0.3 is 5.73 Å². The van der Waals surface area contributed by atoms with Gasteiger partial charge in [-0.15, -0.1) is 0 Å². The molecule has 0 aromatic rings. The van der Waals surface area contributed by atoms with Crippen LogP contribution < -0.4 is 5.73 Å². The minimum atomic E-state index is 0.317. The first-order chi connectivity index (χ1) is 9.78. The minimum Gasteiger partial charge on any atom is -0.329 e. The maximum absolute atomic E-state index is 6.32. The zero-order valence-electron chi connectivity index (χ0n) is 15.1. The van der Waals surface area contributed by atoms with E-state index in [1.807, 2.05) is 0 Å². The lowest BCUT2D eigenvalue weighted by molar-refractivity contribution is 0.0125. The number of rotatable bonds is 6. The summed E-state index contributed by atoms with van der Waals surface area (Å²) in [6, 6.07) is 0.846. The maximum atomic E-state index is 6.32. The molecule has 0 atom stereocenters. The average molecular weight is 295 g/mol. The van der Waals surface area contributed by atoms with Gasteiger partial charge in [0.15, 0.2) is 0 Å². The van der Waals surface area contributed by atoms with E-state index in [1.54, 1.807) is 0 Å². The van der Waals surface area contributed by atoms with Gasteiger partial charge in [0.05, 0.1) is 0 Å². The second-order valence-corrected chi connectivity index (χ2v) is 9.18. The Labute approximate surface area is 132 Å². The zero-order valence-corrected chi connectivity index (χ0v) is 15.1. The van der Waals surface area contributed by atoms with Crippen molar-refractivity contribution in [2.45, 2.75) is 91.1 Å². The van der Waals surface area contributed by atoms with Crippen LogP contribution in [0.5, 0.6) is 0 Å². The second-order valence-electron chi connectivity index (χ2n) is 9.18. The summed E-state index contributed by atoms with van der Waals surface area (Å²) < 4.78 is 0. The van der Waals surface area contributed by atoms with Crippen LogP contribution in [0, 0.1) is 17.3 Å². The first-order valence-electron chi connectivity index (χ1n) is 9.25. The topological polar surface area (TPSA) is 29.3 Å². The van der Waals surface area contributed by atoms with Crippen molar-refractivity contribution in [3.63, 3.8) is 0 Å². The van der Waals surface area contributed by atoms with Gasteiger partial charge in [0.2, 0.25) is 0 Å².